The molecular formula is C20H22N4O2S. The Bertz CT molecular complexity index is 950. The first-order chi connectivity index (χ1) is 13.0. The standard InChI is InChI=1S/C20H22N4O2S/c1-14-22-18-5-3-4-6-19(18)24(14)12-11-21-20(26)13-27-17-9-7-16(8-10-17)23-15(2)25/h3-10H,11-13H2,1-2H3,(H,21,26)(H,23,25). The summed E-state index contributed by atoms with van der Waals surface area (Å²) in [5, 5.41) is 5.68. The van der Waals surface area contributed by atoms with Crippen molar-refractivity contribution < 1.29 is 9.59 Å². The molecule has 2 amide bonds. The third-order valence-electron chi connectivity index (χ3n) is 4.05. The lowest BCUT2D eigenvalue weighted by atomic mass is 10.3. The van der Waals surface area contributed by atoms with E-state index in [9.17, 15) is 9.59 Å². The van der Waals surface area contributed by atoms with E-state index in [1.165, 1.54) is 18.7 Å². The van der Waals surface area contributed by atoms with Crippen LogP contribution in [0.4, 0.5) is 5.69 Å². The van der Waals surface area contributed by atoms with Crippen LogP contribution in [0.5, 0.6) is 0 Å². The van der Waals surface area contributed by atoms with Crippen LogP contribution >= 0.6 is 11.8 Å². The molecule has 0 aliphatic heterocycles. The van der Waals surface area contributed by atoms with Crippen molar-refractivity contribution in [1.29, 1.82) is 0 Å². The smallest absolute Gasteiger partial charge is 0.230 e. The minimum Gasteiger partial charge on any atom is -0.354 e. The van der Waals surface area contributed by atoms with Gasteiger partial charge in [-0.25, -0.2) is 4.98 Å². The summed E-state index contributed by atoms with van der Waals surface area (Å²) in [5.41, 5.74) is 2.80. The van der Waals surface area contributed by atoms with Crippen LogP contribution in [-0.2, 0) is 16.1 Å². The fourth-order valence-electron chi connectivity index (χ4n) is 2.82. The Hall–Kier alpha value is -2.80. The number of para-hydroxylation sites is 2. The molecule has 0 radical (unpaired) electrons. The van der Waals surface area contributed by atoms with Crippen molar-refractivity contribution in [3.63, 3.8) is 0 Å². The van der Waals surface area contributed by atoms with Gasteiger partial charge in [0.15, 0.2) is 0 Å². The summed E-state index contributed by atoms with van der Waals surface area (Å²) in [6, 6.07) is 15.4. The number of rotatable bonds is 7. The number of anilines is 1. The summed E-state index contributed by atoms with van der Waals surface area (Å²) in [4.78, 5) is 28.6. The van der Waals surface area contributed by atoms with E-state index in [1.54, 1.807) is 0 Å². The van der Waals surface area contributed by atoms with Crippen molar-refractivity contribution in [1.82, 2.24) is 14.9 Å². The minimum absolute atomic E-state index is 0.00647. The van der Waals surface area contributed by atoms with Gasteiger partial charge in [-0.15, -0.1) is 11.8 Å². The zero-order valence-electron chi connectivity index (χ0n) is 15.4. The zero-order valence-corrected chi connectivity index (χ0v) is 16.2. The molecule has 0 aliphatic carbocycles. The Labute approximate surface area is 162 Å². The fraction of sp³-hybridized carbons (Fsp3) is 0.250. The predicted molar refractivity (Wildman–Crippen MR) is 109 cm³/mol. The van der Waals surface area contributed by atoms with Crippen molar-refractivity contribution in [3.8, 4) is 0 Å². The topological polar surface area (TPSA) is 76.0 Å². The molecule has 2 N–H and O–H groups in total. The third-order valence-corrected chi connectivity index (χ3v) is 5.06. The second-order valence-corrected chi connectivity index (χ2v) is 7.19. The molecule has 0 saturated heterocycles. The van der Waals surface area contributed by atoms with Gasteiger partial charge in [0.2, 0.25) is 11.8 Å². The maximum absolute atomic E-state index is 12.1. The Balaban J connectivity index is 1.46. The quantitative estimate of drug-likeness (QED) is 0.615. The van der Waals surface area contributed by atoms with Gasteiger partial charge in [-0.3, -0.25) is 9.59 Å². The predicted octanol–water partition coefficient (Wildman–Crippen LogP) is 3.21. The molecule has 2 aromatic carbocycles. The lowest BCUT2D eigenvalue weighted by Gasteiger charge is -2.09. The molecular weight excluding hydrogens is 360 g/mol. The highest BCUT2D eigenvalue weighted by Crippen LogP contribution is 2.20. The number of hydrogen-bond donors (Lipinski definition) is 2. The van der Waals surface area contributed by atoms with Gasteiger partial charge in [0.25, 0.3) is 0 Å². The van der Waals surface area contributed by atoms with Crippen LogP contribution in [0.3, 0.4) is 0 Å². The van der Waals surface area contributed by atoms with E-state index < -0.39 is 0 Å². The molecule has 0 atom stereocenters. The Morgan fingerprint density at radius 1 is 1.11 bits per heavy atom. The highest BCUT2D eigenvalue weighted by atomic mass is 32.2. The average molecular weight is 382 g/mol. The summed E-state index contributed by atoms with van der Waals surface area (Å²) in [6.07, 6.45) is 0. The Morgan fingerprint density at radius 3 is 2.59 bits per heavy atom. The third kappa shape index (κ3) is 5.10. The molecule has 1 aromatic heterocycles. The van der Waals surface area contributed by atoms with Gasteiger partial charge in [-0.2, -0.15) is 0 Å². The zero-order chi connectivity index (χ0) is 19.2. The number of benzene rings is 2. The lowest BCUT2D eigenvalue weighted by Crippen LogP contribution is -2.28. The largest absolute Gasteiger partial charge is 0.354 e. The van der Waals surface area contributed by atoms with E-state index in [2.05, 4.69) is 20.2 Å². The van der Waals surface area contributed by atoms with Gasteiger partial charge in [-0.05, 0) is 43.3 Å². The van der Waals surface area contributed by atoms with E-state index >= 15 is 0 Å². The first-order valence-corrected chi connectivity index (χ1v) is 9.70. The number of imidazole rings is 1. The van der Waals surface area contributed by atoms with Crippen molar-refractivity contribution in [2.45, 2.75) is 25.3 Å². The van der Waals surface area contributed by atoms with E-state index in [0.717, 1.165) is 27.4 Å². The first kappa shape index (κ1) is 19.0. The normalized spacial score (nSPS) is 10.7. The van der Waals surface area contributed by atoms with Crippen molar-refractivity contribution in [3.05, 3.63) is 54.4 Å². The number of aryl methyl sites for hydroxylation is 1. The molecule has 0 bridgehead atoms. The van der Waals surface area contributed by atoms with Crippen LogP contribution in [0.25, 0.3) is 11.0 Å². The Kier molecular flexibility index (Phi) is 6.13. The number of nitrogens with one attached hydrogen (secondary N) is 2. The van der Waals surface area contributed by atoms with Crippen LogP contribution in [0.2, 0.25) is 0 Å². The maximum Gasteiger partial charge on any atom is 0.230 e. The first-order valence-electron chi connectivity index (χ1n) is 8.72. The number of hydrogen-bond acceptors (Lipinski definition) is 4. The molecule has 140 valence electrons. The molecule has 0 aliphatic rings. The van der Waals surface area contributed by atoms with Crippen LogP contribution in [-0.4, -0.2) is 33.7 Å². The molecule has 6 nitrogen and oxygen atoms in total. The van der Waals surface area contributed by atoms with Crippen molar-refractivity contribution >= 4 is 40.3 Å². The van der Waals surface area contributed by atoms with Crippen LogP contribution < -0.4 is 10.6 Å². The van der Waals surface area contributed by atoms with E-state index in [0.29, 0.717) is 18.8 Å². The van der Waals surface area contributed by atoms with Gasteiger partial charge in [0.1, 0.15) is 5.82 Å². The Morgan fingerprint density at radius 2 is 1.85 bits per heavy atom. The molecule has 0 unspecified atom stereocenters. The van der Waals surface area contributed by atoms with Crippen molar-refractivity contribution in [2.24, 2.45) is 0 Å². The van der Waals surface area contributed by atoms with E-state index in [1.807, 2.05) is 55.5 Å². The van der Waals surface area contributed by atoms with E-state index in [-0.39, 0.29) is 11.8 Å². The van der Waals surface area contributed by atoms with Gasteiger partial charge in [0.05, 0.1) is 16.8 Å². The molecule has 27 heavy (non-hydrogen) atoms. The van der Waals surface area contributed by atoms with E-state index in [4.69, 9.17) is 0 Å². The molecule has 1 heterocycles. The fourth-order valence-corrected chi connectivity index (χ4v) is 3.55. The summed E-state index contributed by atoms with van der Waals surface area (Å²) >= 11 is 1.47. The number of amides is 2. The van der Waals surface area contributed by atoms with Gasteiger partial charge >= 0.3 is 0 Å². The molecule has 3 rings (SSSR count). The second-order valence-electron chi connectivity index (χ2n) is 6.14. The van der Waals surface area contributed by atoms with Crippen LogP contribution in [0.15, 0.2) is 53.4 Å². The lowest BCUT2D eigenvalue weighted by molar-refractivity contribution is -0.118. The highest BCUT2D eigenvalue weighted by molar-refractivity contribution is 8.00. The SMILES string of the molecule is CC(=O)Nc1ccc(SCC(=O)NCCn2c(C)nc3ccccc32)cc1. The van der Waals surface area contributed by atoms with Gasteiger partial charge in [0, 0.05) is 30.6 Å². The average Bonchev–Trinajstić information content (AvgIpc) is 2.96. The maximum atomic E-state index is 12.1. The number of carbonyl (C=O) groups excluding carboxylic acids is 2. The van der Waals surface area contributed by atoms with Gasteiger partial charge < -0.3 is 15.2 Å². The minimum atomic E-state index is -0.101. The number of aromatic nitrogens is 2. The summed E-state index contributed by atoms with van der Waals surface area (Å²) in [5.74, 6) is 1.19. The second kappa shape index (κ2) is 8.73. The molecule has 0 saturated carbocycles. The number of carbonyl (C=O) groups is 2. The van der Waals surface area contributed by atoms with Gasteiger partial charge in [-0.1, -0.05) is 12.1 Å². The van der Waals surface area contributed by atoms with Crippen LogP contribution in [0.1, 0.15) is 12.7 Å². The molecule has 0 fully saturated rings. The number of thioether (sulfide) groups is 1. The summed E-state index contributed by atoms with van der Waals surface area (Å²) in [7, 11) is 0. The van der Waals surface area contributed by atoms with Crippen LogP contribution in [0, 0.1) is 6.92 Å². The van der Waals surface area contributed by atoms with Crippen molar-refractivity contribution in [2.75, 3.05) is 17.6 Å². The molecule has 0 spiro atoms. The molecule has 3 aromatic rings. The monoisotopic (exact) mass is 382 g/mol. The summed E-state index contributed by atoms with van der Waals surface area (Å²) in [6.45, 7) is 4.69. The number of fused-ring (bicyclic) bond motifs is 1. The molecule has 7 heteroatoms. The summed E-state index contributed by atoms with van der Waals surface area (Å²) < 4.78 is 2.11. The highest BCUT2D eigenvalue weighted by Gasteiger charge is 2.07. The number of nitrogens with zero attached hydrogens (tertiary/aromatic N) is 2.